The van der Waals surface area contributed by atoms with Crippen LogP contribution < -0.4 is 0 Å². The first kappa shape index (κ1) is 16.8. The minimum atomic E-state index is -3.86. The Labute approximate surface area is 156 Å². The summed E-state index contributed by atoms with van der Waals surface area (Å²) in [7, 11) is -2.51. The minimum absolute atomic E-state index is 0.0440. The predicted molar refractivity (Wildman–Crippen MR) is 101 cm³/mol. The molecule has 3 aromatic carbocycles. The van der Waals surface area contributed by atoms with E-state index < -0.39 is 15.8 Å². The number of fused-ring (bicyclic) bond motifs is 2. The molecule has 0 atom stereocenters. The third-order valence-corrected chi connectivity index (χ3v) is 6.51. The Morgan fingerprint density at radius 2 is 1.73 bits per heavy atom. The van der Waals surface area contributed by atoms with E-state index in [1.54, 1.807) is 24.3 Å². The van der Waals surface area contributed by atoms with Gasteiger partial charge >= 0.3 is 0 Å². The Hall–Kier alpha value is -2.63. The number of ketones is 1. The highest BCUT2D eigenvalue weighted by Crippen LogP contribution is 2.34. The van der Waals surface area contributed by atoms with Crippen LogP contribution in [-0.2, 0) is 10.0 Å². The molecule has 1 heterocycles. The number of benzene rings is 3. The van der Waals surface area contributed by atoms with E-state index in [9.17, 15) is 13.2 Å². The number of hydrogen-bond acceptors (Lipinski definition) is 3. The molecular weight excluding hydrogens is 370 g/mol. The van der Waals surface area contributed by atoms with Crippen LogP contribution in [0.2, 0.25) is 5.02 Å². The number of rotatable bonds is 2. The Morgan fingerprint density at radius 1 is 1.00 bits per heavy atom. The molecule has 0 N–H and O–H groups in total. The van der Waals surface area contributed by atoms with Gasteiger partial charge in [-0.15, -0.1) is 0 Å². The van der Waals surface area contributed by atoms with Crippen molar-refractivity contribution in [3.8, 4) is 0 Å². The number of sulfonamides is 1. The average Bonchev–Trinajstić information content (AvgIpc) is 2.64. The molecule has 0 aliphatic carbocycles. The van der Waals surface area contributed by atoms with Crippen molar-refractivity contribution in [3.63, 3.8) is 0 Å². The summed E-state index contributed by atoms with van der Waals surface area (Å²) < 4.78 is 26.5. The molecule has 4 rings (SSSR count). The Balaban J connectivity index is 1.88. The minimum Gasteiger partial charge on any atom is -0.287 e. The molecule has 129 valence electrons. The van der Waals surface area contributed by atoms with E-state index in [2.05, 4.69) is 6.08 Å². The van der Waals surface area contributed by atoms with Crippen LogP contribution in [0.4, 0.5) is 0 Å². The number of Topliss-reactive ketones (excluding diaryl/α,β-unsaturated/α-hetero) is 1. The lowest BCUT2D eigenvalue weighted by molar-refractivity contribution is 0.101. The van der Waals surface area contributed by atoms with Gasteiger partial charge in [0.25, 0.3) is 10.0 Å². The van der Waals surface area contributed by atoms with Crippen molar-refractivity contribution < 1.29 is 13.2 Å². The van der Waals surface area contributed by atoms with Gasteiger partial charge in [-0.05, 0) is 29.0 Å². The van der Waals surface area contributed by atoms with Crippen molar-refractivity contribution in [2.75, 3.05) is 7.05 Å². The van der Waals surface area contributed by atoms with Gasteiger partial charge in [-0.3, -0.25) is 9.10 Å². The van der Waals surface area contributed by atoms with Gasteiger partial charge in [-0.25, -0.2) is 8.42 Å². The number of hydrogen-bond donors (Lipinski definition) is 0. The lowest BCUT2D eigenvalue weighted by atomic mass is 10.0. The van der Waals surface area contributed by atoms with Gasteiger partial charge in [-0.2, -0.15) is 0 Å². The molecule has 0 amide bonds. The highest BCUT2D eigenvalue weighted by atomic mass is 35.5. The molecule has 1 aliphatic rings. The van der Waals surface area contributed by atoms with E-state index in [1.165, 1.54) is 13.1 Å². The topological polar surface area (TPSA) is 54.5 Å². The molecule has 1 aliphatic heterocycles. The van der Waals surface area contributed by atoms with Crippen LogP contribution in [0.1, 0.15) is 15.9 Å². The molecule has 0 saturated heterocycles. The molecule has 4 nitrogen and oxygen atoms in total. The van der Waals surface area contributed by atoms with Crippen LogP contribution in [0.3, 0.4) is 0 Å². The van der Waals surface area contributed by atoms with Gasteiger partial charge in [0.15, 0.2) is 0 Å². The molecule has 1 radical (unpaired) electrons. The Morgan fingerprint density at radius 3 is 2.50 bits per heavy atom. The zero-order valence-corrected chi connectivity index (χ0v) is 15.3. The van der Waals surface area contributed by atoms with Crippen molar-refractivity contribution in [3.05, 3.63) is 88.6 Å². The molecule has 0 spiro atoms. The molecule has 6 heteroatoms. The van der Waals surface area contributed by atoms with E-state index in [-0.39, 0.29) is 21.2 Å². The van der Waals surface area contributed by atoms with Crippen LogP contribution in [-0.4, -0.2) is 25.6 Å². The fourth-order valence-corrected chi connectivity index (χ4v) is 4.58. The van der Waals surface area contributed by atoms with Crippen LogP contribution in [0.15, 0.2) is 71.3 Å². The van der Waals surface area contributed by atoms with Crippen molar-refractivity contribution in [1.82, 2.24) is 4.31 Å². The summed E-state index contributed by atoms with van der Waals surface area (Å²) in [5, 5.41) is 2.14. The second kappa shape index (κ2) is 5.97. The molecule has 26 heavy (non-hydrogen) atoms. The maximum atomic E-state index is 13.0. The van der Waals surface area contributed by atoms with Crippen molar-refractivity contribution in [1.29, 1.82) is 0 Å². The van der Waals surface area contributed by atoms with E-state index in [0.717, 1.165) is 15.1 Å². The van der Waals surface area contributed by atoms with E-state index in [1.807, 2.05) is 30.3 Å². The third-order valence-electron chi connectivity index (χ3n) is 4.40. The second-order valence-electron chi connectivity index (χ2n) is 5.95. The zero-order chi connectivity index (χ0) is 18.5. The molecular formula is C20H13ClNO3S. The molecule has 0 bridgehead atoms. The summed E-state index contributed by atoms with van der Waals surface area (Å²) in [5.74, 6) is -0.424. The van der Waals surface area contributed by atoms with E-state index >= 15 is 0 Å². The third kappa shape index (κ3) is 2.52. The summed E-state index contributed by atoms with van der Waals surface area (Å²) in [4.78, 5) is 13.1. The zero-order valence-electron chi connectivity index (χ0n) is 13.7. The number of halogens is 1. The summed E-state index contributed by atoms with van der Waals surface area (Å²) >= 11 is 6.14. The molecule has 0 saturated carbocycles. The second-order valence-corrected chi connectivity index (χ2v) is 8.30. The summed E-state index contributed by atoms with van der Waals surface area (Å²) in [5.41, 5.74) is 0.557. The van der Waals surface area contributed by atoms with Crippen LogP contribution >= 0.6 is 11.6 Å². The predicted octanol–water partition coefficient (Wildman–Crippen LogP) is 4.05. The van der Waals surface area contributed by atoms with Gasteiger partial charge < -0.3 is 0 Å². The van der Waals surface area contributed by atoms with Crippen LogP contribution in [0, 0.1) is 6.08 Å². The van der Waals surface area contributed by atoms with Gasteiger partial charge in [-0.1, -0.05) is 54.1 Å². The van der Waals surface area contributed by atoms with Gasteiger partial charge in [0, 0.05) is 29.3 Å². The molecule has 0 fully saturated rings. The number of nitrogens with zero attached hydrogens (tertiary/aromatic N) is 1. The molecule has 0 aromatic heterocycles. The fraction of sp³-hybridized carbons (Fsp3) is 0.0500. The number of carbonyl (C=O) groups excluding carboxylic acids is 1. The summed E-state index contributed by atoms with van der Waals surface area (Å²) in [6.45, 7) is 0. The maximum absolute atomic E-state index is 13.0. The monoisotopic (exact) mass is 382 g/mol. The maximum Gasteiger partial charge on any atom is 0.264 e. The first-order valence-electron chi connectivity index (χ1n) is 7.84. The normalized spacial score (nSPS) is 15.5. The lowest BCUT2D eigenvalue weighted by Gasteiger charge is -2.26. The Bertz CT molecular complexity index is 1200. The standard InChI is InChI=1S/C20H13ClNO3S/c1-22-18(12-16-17(21)7-4-8-19(16)26(22,24)25)20(23)15-10-9-13-5-2-3-6-14(13)11-15/h2-11H,1H3. The SMILES string of the molecule is CN1C(C(=O)c2ccc3ccccc3c2)=[C]c2c(Cl)cccc2S1(=O)=O. The highest BCUT2D eigenvalue weighted by Gasteiger charge is 2.34. The Kier molecular flexibility index (Phi) is 3.86. The largest absolute Gasteiger partial charge is 0.287 e. The van der Waals surface area contributed by atoms with Crippen LogP contribution in [0.25, 0.3) is 10.8 Å². The highest BCUT2D eigenvalue weighted by molar-refractivity contribution is 7.89. The van der Waals surface area contributed by atoms with Crippen molar-refractivity contribution >= 4 is 38.2 Å². The number of carbonyl (C=O) groups is 1. The summed E-state index contributed by atoms with van der Waals surface area (Å²) in [6.07, 6.45) is 2.90. The lowest BCUT2D eigenvalue weighted by Crippen LogP contribution is -2.34. The summed E-state index contributed by atoms with van der Waals surface area (Å²) in [6, 6.07) is 17.5. The molecule has 3 aromatic rings. The quantitative estimate of drug-likeness (QED) is 0.628. The van der Waals surface area contributed by atoms with Crippen molar-refractivity contribution in [2.24, 2.45) is 0 Å². The van der Waals surface area contributed by atoms with Crippen molar-refractivity contribution in [2.45, 2.75) is 4.90 Å². The van der Waals surface area contributed by atoms with E-state index in [4.69, 9.17) is 11.6 Å². The van der Waals surface area contributed by atoms with Gasteiger partial charge in [0.2, 0.25) is 5.78 Å². The smallest absolute Gasteiger partial charge is 0.264 e. The first-order valence-corrected chi connectivity index (χ1v) is 9.66. The van der Waals surface area contributed by atoms with E-state index in [0.29, 0.717) is 5.56 Å². The average molecular weight is 383 g/mol. The number of allylic oxidation sites excluding steroid dienone is 1. The first-order chi connectivity index (χ1) is 12.4. The fourth-order valence-electron chi connectivity index (χ4n) is 2.97. The van der Waals surface area contributed by atoms with Gasteiger partial charge in [0.05, 0.1) is 4.90 Å². The number of likely N-dealkylation sites (N-methyl/N-ethyl adjacent to an activating group) is 1. The van der Waals surface area contributed by atoms with Gasteiger partial charge in [0.1, 0.15) is 5.70 Å². The van der Waals surface area contributed by atoms with Crippen LogP contribution in [0.5, 0.6) is 0 Å². The molecule has 0 unspecified atom stereocenters.